The van der Waals surface area contributed by atoms with E-state index in [2.05, 4.69) is 103 Å². The van der Waals surface area contributed by atoms with E-state index in [4.69, 9.17) is 9.98 Å². The first-order valence-corrected chi connectivity index (χ1v) is 14.3. The van der Waals surface area contributed by atoms with Crippen molar-refractivity contribution in [2.45, 2.75) is 6.17 Å². The molecule has 0 fully saturated rings. The van der Waals surface area contributed by atoms with Crippen LogP contribution in [0.2, 0.25) is 0 Å². The lowest BCUT2D eigenvalue weighted by Gasteiger charge is -2.33. The first-order chi connectivity index (χ1) is 21.2. The number of nitrogens with zero attached hydrogens (tertiary/aromatic N) is 4. The van der Waals surface area contributed by atoms with Crippen LogP contribution in [0.5, 0.6) is 0 Å². The first-order valence-electron chi connectivity index (χ1n) is 14.3. The van der Waals surface area contributed by atoms with E-state index in [1.807, 2.05) is 60.7 Å². The summed E-state index contributed by atoms with van der Waals surface area (Å²) >= 11 is 0. The number of benzene rings is 6. The van der Waals surface area contributed by atoms with Crippen LogP contribution < -0.4 is 0 Å². The van der Waals surface area contributed by atoms with Crippen molar-refractivity contribution in [3.63, 3.8) is 0 Å². The van der Waals surface area contributed by atoms with E-state index in [0.29, 0.717) is 5.56 Å². The Morgan fingerprint density at radius 2 is 1.23 bits per heavy atom. The van der Waals surface area contributed by atoms with E-state index in [1.165, 1.54) is 5.39 Å². The van der Waals surface area contributed by atoms with E-state index >= 15 is 0 Å². The molecule has 0 aliphatic carbocycles. The predicted molar refractivity (Wildman–Crippen MR) is 176 cm³/mol. The molecule has 0 radical (unpaired) electrons. The van der Waals surface area contributed by atoms with Gasteiger partial charge >= 0.3 is 0 Å². The minimum Gasteiger partial charge on any atom is -0.333 e. The van der Waals surface area contributed by atoms with E-state index in [-0.39, 0.29) is 6.17 Å². The van der Waals surface area contributed by atoms with Gasteiger partial charge in [-0.25, -0.2) is 9.98 Å². The fraction of sp³-hybridized carbons (Fsp3) is 0.0513. The molecule has 0 N–H and O–H groups in total. The molecule has 6 aromatic rings. The monoisotopic (exact) mass is 552 g/mol. The summed E-state index contributed by atoms with van der Waals surface area (Å²) in [6.07, 6.45) is -0.277. The van der Waals surface area contributed by atoms with Gasteiger partial charge in [0, 0.05) is 23.7 Å². The Kier molecular flexibility index (Phi) is 6.83. The number of rotatable bonds is 5. The number of nitriles is 1. The van der Waals surface area contributed by atoms with Crippen LogP contribution in [-0.2, 0) is 0 Å². The quantitative estimate of drug-likeness (QED) is 0.214. The van der Waals surface area contributed by atoms with Crippen LogP contribution >= 0.6 is 0 Å². The Balaban J connectivity index is 1.37. The van der Waals surface area contributed by atoms with Gasteiger partial charge in [0.15, 0.2) is 12.0 Å². The standard InChI is InChI=1S/C39H28N4/c1-43-38(32-14-6-3-7-15-32)41-37(31-12-4-2-5-13-31)42-39(43)35-20-10-17-30-16-9-19-34(36(30)35)29-23-21-28(22-24-29)33-18-8-11-27(25-33)26-40/h2-25,39H,1H3. The van der Waals surface area contributed by atoms with Crippen molar-refractivity contribution in [2.75, 3.05) is 7.05 Å². The van der Waals surface area contributed by atoms with Crippen LogP contribution in [0, 0.1) is 11.3 Å². The van der Waals surface area contributed by atoms with Crippen molar-refractivity contribution in [2.24, 2.45) is 9.98 Å². The van der Waals surface area contributed by atoms with Crippen LogP contribution in [0.3, 0.4) is 0 Å². The molecule has 4 nitrogen and oxygen atoms in total. The summed E-state index contributed by atoms with van der Waals surface area (Å²) in [5.74, 6) is 1.61. The van der Waals surface area contributed by atoms with Crippen LogP contribution in [0.25, 0.3) is 33.0 Å². The fourth-order valence-corrected chi connectivity index (χ4v) is 5.82. The van der Waals surface area contributed by atoms with Gasteiger partial charge < -0.3 is 4.90 Å². The largest absolute Gasteiger partial charge is 0.333 e. The van der Waals surface area contributed by atoms with Crippen molar-refractivity contribution >= 4 is 22.4 Å². The Bertz CT molecular complexity index is 2030. The zero-order valence-corrected chi connectivity index (χ0v) is 23.7. The number of fused-ring (bicyclic) bond motifs is 1. The Hall–Kier alpha value is -5.79. The SMILES string of the molecule is CN1C(c2ccccc2)=NC(c2ccccc2)=NC1c1cccc2cccc(-c3ccc(-c4cccc(C#N)c4)cc3)c12. The Labute approximate surface area is 251 Å². The van der Waals surface area contributed by atoms with Crippen LogP contribution in [0.1, 0.15) is 28.4 Å². The van der Waals surface area contributed by atoms with Gasteiger partial charge in [-0.3, -0.25) is 0 Å². The maximum atomic E-state index is 9.35. The number of hydrogen-bond donors (Lipinski definition) is 0. The minimum absolute atomic E-state index is 0.277. The molecule has 1 aliphatic rings. The number of aliphatic imine (C=N–C) groups is 2. The highest BCUT2D eigenvalue weighted by Crippen LogP contribution is 2.38. The normalized spacial score (nSPS) is 14.6. The Morgan fingerprint density at radius 1 is 0.605 bits per heavy atom. The van der Waals surface area contributed by atoms with Crippen LogP contribution in [0.15, 0.2) is 156 Å². The molecule has 0 saturated carbocycles. The van der Waals surface area contributed by atoms with E-state index < -0.39 is 0 Å². The van der Waals surface area contributed by atoms with Gasteiger partial charge in [-0.1, -0.05) is 133 Å². The smallest absolute Gasteiger partial charge is 0.159 e. The molecule has 0 aromatic heterocycles. The zero-order chi connectivity index (χ0) is 29.2. The fourth-order valence-electron chi connectivity index (χ4n) is 5.82. The molecule has 0 bridgehead atoms. The summed E-state index contributed by atoms with van der Waals surface area (Å²) in [7, 11) is 2.08. The van der Waals surface area contributed by atoms with Crippen LogP contribution in [0.4, 0.5) is 0 Å². The van der Waals surface area contributed by atoms with Gasteiger partial charge in [0.25, 0.3) is 0 Å². The molecule has 1 atom stereocenters. The Morgan fingerprint density at radius 3 is 1.95 bits per heavy atom. The van der Waals surface area contributed by atoms with E-state index in [0.717, 1.165) is 56.0 Å². The average Bonchev–Trinajstić information content (AvgIpc) is 3.09. The number of hydrogen-bond acceptors (Lipinski definition) is 4. The summed E-state index contributed by atoms with van der Waals surface area (Å²) in [4.78, 5) is 12.5. The van der Waals surface area contributed by atoms with E-state index in [9.17, 15) is 5.26 Å². The van der Waals surface area contributed by atoms with E-state index in [1.54, 1.807) is 0 Å². The summed E-state index contributed by atoms with van der Waals surface area (Å²) in [6.45, 7) is 0. The van der Waals surface area contributed by atoms with Gasteiger partial charge in [-0.15, -0.1) is 0 Å². The van der Waals surface area contributed by atoms with Crippen molar-refractivity contribution in [3.8, 4) is 28.3 Å². The van der Waals surface area contributed by atoms with Gasteiger partial charge in [0.1, 0.15) is 5.84 Å². The highest BCUT2D eigenvalue weighted by Gasteiger charge is 2.28. The molecule has 1 unspecified atom stereocenters. The topological polar surface area (TPSA) is 51.8 Å². The summed E-state index contributed by atoms with van der Waals surface area (Å²) < 4.78 is 0. The molecule has 0 spiro atoms. The molecule has 0 saturated heterocycles. The van der Waals surface area contributed by atoms with Gasteiger partial charge in [0.2, 0.25) is 0 Å². The third kappa shape index (κ3) is 4.98. The average molecular weight is 553 g/mol. The lowest BCUT2D eigenvalue weighted by Crippen LogP contribution is -2.35. The maximum Gasteiger partial charge on any atom is 0.159 e. The molecule has 6 aromatic carbocycles. The highest BCUT2D eigenvalue weighted by molar-refractivity contribution is 6.13. The van der Waals surface area contributed by atoms with Crippen LogP contribution in [-0.4, -0.2) is 23.6 Å². The van der Waals surface area contributed by atoms with Crippen molar-refractivity contribution in [1.29, 1.82) is 5.26 Å². The molecular formula is C39H28N4. The second-order valence-corrected chi connectivity index (χ2v) is 10.6. The second kappa shape index (κ2) is 11.2. The molecule has 1 heterocycles. The summed E-state index contributed by atoms with van der Waals surface area (Å²) in [6, 6.07) is 52.0. The van der Waals surface area contributed by atoms with Gasteiger partial charge in [-0.05, 0) is 45.2 Å². The zero-order valence-electron chi connectivity index (χ0n) is 23.7. The summed E-state index contributed by atoms with van der Waals surface area (Å²) in [5, 5.41) is 11.7. The van der Waals surface area contributed by atoms with Crippen molar-refractivity contribution < 1.29 is 0 Å². The minimum atomic E-state index is -0.277. The van der Waals surface area contributed by atoms with Gasteiger partial charge in [0.05, 0.1) is 11.6 Å². The first kappa shape index (κ1) is 26.1. The van der Waals surface area contributed by atoms with Gasteiger partial charge in [-0.2, -0.15) is 5.26 Å². The van der Waals surface area contributed by atoms with Crippen molar-refractivity contribution in [1.82, 2.24) is 4.90 Å². The lowest BCUT2D eigenvalue weighted by molar-refractivity contribution is 0.385. The third-order valence-electron chi connectivity index (χ3n) is 7.96. The predicted octanol–water partition coefficient (Wildman–Crippen LogP) is 8.88. The number of amidine groups is 2. The second-order valence-electron chi connectivity index (χ2n) is 10.6. The maximum absolute atomic E-state index is 9.35. The molecule has 4 heteroatoms. The highest BCUT2D eigenvalue weighted by atomic mass is 15.3. The molecular weight excluding hydrogens is 524 g/mol. The molecule has 0 amide bonds. The lowest BCUT2D eigenvalue weighted by atomic mass is 9.92. The molecule has 204 valence electrons. The summed E-state index contributed by atoms with van der Waals surface area (Å²) in [5.41, 5.74) is 8.21. The molecule has 1 aliphatic heterocycles. The third-order valence-corrected chi connectivity index (χ3v) is 7.96. The molecule has 7 rings (SSSR count). The molecule has 43 heavy (non-hydrogen) atoms. The van der Waals surface area contributed by atoms with Crippen molar-refractivity contribution in [3.05, 3.63) is 168 Å².